The number of hydrogen-bond donors (Lipinski definition) is 1. The SMILES string of the molecule is CCCn1nncc1C(NCC)c1cc(Cl)ccc1C. The lowest BCUT2D eigenvalue weighted by Gasteiger charge is -2.21. The molecule has 0 aliphatic heterocycles. The molecule has 1 N–H and O–H groups in total. The number of nitrogens with one attached hydrogen (secondary N) is 1. The van der Waals surface area contributed by atoms with Gasteiger partial charge in [0.2, 0.25) is 0 Å². The lowest BCUT2D eigenvalue weighted by Crippen LogP contribution is -2.25. The minimum atomic E-state index is 0.0697. The quantitative estimate of drug-likeness (QED) is 0.888. The van der Waals surface area contributed by atoms with Crippen molar-refractivity contribution >= 4 is 11.6 Å². The van der Waals surface area contributed by atoms with Crippen LogP contribution in [-0.2, 0) is 6.54 Å². The van der Waals surface area contributed by atoms with Crippen LogP contribution in [0.25, 0.3) is 0 Å². The molecule has 1 heterocycles. The van der Waals surface area contributed by atoms with Gasteiger partial charge in [-0.1, -0.05) is 36.7 Å². The van der Waals surface area contributed by atoms with Gasteiger partial charge in [-0.2, -0.15) is 0 Å². The molecule has 0 radical (unpaired) electrons. The summed E-state index contributed by atoms with van der Waals surface area (Å²) in [6.07, 6.45) is 2.87. The zero-order chi connectivity index (χ0) is 14.5. The third kappa shape index (κ3) is 3.19. The highest BCUT2D eigenvalue weighted by Gasteiger charge is 2.20. The van der Waals surface area contributed by atoms with Gasteiger partial charge >= 0.3 is 0 Å². The van der Waals surface area contributed by atoms with E-state index in [1.165, 1.54) is 11.1 Å². The van der Waals surface area contributed by atoms with Gasteiger partial charge < -0.3 is 5.32 Å². The van der Waals surface area contributed by atoms with Gasteiger partial charge in [0.25, 0.3) is 0 Å². The summed E-state index contributed by atoms with van der Waals surface area (Å²) in [5, 5.41) is 12.5. The van der Waals surface area contributed by atoms with E-state index in [-0.39, 0.29) is 6.04 Å². The summed E-state index contributed by atoms with van der Waals surface area (Å²) in [7, 11) is 0. The van der Waals surface area contributed by atoms with Crippen molar-refractivity contribution in [1.82, 2.24) is 20.3 Å². The van der Waals surface area contributed by atoms with Crippen LogP contribution in [0, 0.1) is 6.92 Å². The summed E-state index contributed by atoms with van der Waals surface area (Å²) in [5.41, 5.74) is 3.47. The summed E-state index contributed by atoms with van der Waals surface area (Å²) in [5.74, 6) is 0. The Kier molecular flexibility index (Phi) is 5.15. The molecule has 108 valence electrons. The molecule has 0 saturated heterocycles. The van der Waals surface area contributed by atoms with Crippen LogP contribution in [0.1, 0.15) is 43.1 Å². The van der Waals surface area contributed by atoms with Crippen LogP contribution in [0.5, 0.6) is 0 Å². The number of aryl methyl sites for hydroxylation is 2. The smallest absolute Gasteiger partial charge is 0.0802 e. The Balaban J connectivity index is 2.44. The second-order valence-electron chi connectivity index (χ2n) is 4.87. The second kappa shape index (κ2) is 6.86. The fraction of sp³-hybridized carbons (Fsp3) is 0.467. The Labute approximate surface area is 125 Å². The summed E-state index contributed by atoms with van der Waals surface area (Å²) in [4.78, 5) is 0. The van der Waals surface area contributed by atoms with Gasteiger partial charge in [0, 0.05) is 11.6 Å². The maximum atomic E-state index is 6.16. The van der Waals surface area contributed by atoms with Crippen molar-refractivity contribution < 1.29 is 0 Å². The molecule has 1 aromatic heterocycles. The molecule has 0 aliphatic rings. The van der Waals surface area contributed by atoms with Crippen molar-refractivity contribution in [2.24, 2.45) is 0 Å². The molecule has 2 aromatic rings. The van der Waals surface area contributed by atoms with Gasteiger partial charge in [0.1, 0.15) is 0 Å². The van der Waals surface area contributed by atoms with Crippen LogP contribution in [0.15, 0.2) is 24.4 Å². The summed E-state index contributed by atoms with van der Waals surface area (Å²) >= 11 is 6.16. The topological polar surface area (TPSA) is 42.7 Å². The molecule has 4 nitrogen and oxygen atoms in total. The predicted octanol–water partition coefficient (Wildman–Crippen LogP) is 3.35. The van der Waals surface area contributed by atoms with E-state index in [0.717, 1.165) is 30.2 Å². The Morgan fingerprint density at radius 3 is 2.85 bits per heavy atom. The zero-order valence-electron chi connectivity index (χ0n) is 12.2. The van der Waals surface area contributed by atoms with E-state index in [2.05, 4.69) is 42.5 Å². The van der Waals surface area contributed by atoms with Crippen LogP contribution < -0.4 is 5.32 Å². The van der Waals surface area contributed by atoms with Crippen LogP contribution >= 0.6 is 11.6 Å². The van der Waals surface area contributed by atoms with E-state index in [1.54, 1.807) is 0 Å². The van der Waals surface area contributed by atoms with Gasteiger partial charge in [-0.05, 0) is 43.1 Å². The zero-order valence-corrected chi connectivity index (χ0v) is 13.0. The van der Waals surface area contributed by atoms with Crippen LogP contribution in [0.3, 0.4) is 0 Å². The molecular weight excluding hydrogens is 272 g/mol. The minimum Gasteiger partial charge on any atom is -0.305 e. The number of aromatic nitrogens is 3. The van der Waals surface area contributed by atoms with E-state index in [1.807, 2.05) is 23.0 Å². The molecule has 0 amide bonds. The first kappa shape index (κ1) is 15.0. The highest BCUT2D eigenvalue weighted by Crippen LogP contribution is 2.27. The van der Waals surface area contributed by atoms with Crippen molar-refractivity contribution in [3.63, 3.8) is 0 Å². The molecule has 0 spiro atoms. The van der Waals surface area contributed by atoms with E-state index < -0.39 is 0 Å². The number of hydrogen-bond acceptors (Lipinski definition) is 3. The Morgan fingerprint density at radius 2 is 2.15 bits per heavy atom. The lowest BCUT2D eigenvalue weighted by molar-refractivity contribution is 0.511. The number of benzene rings is 1. The molecule has 0 saturated carbocycles. The first-order valence-corrected chi connectivity index (χ1v) is 7.43. The Morgan fingerprint density at radius 1 is 1.35 bits per heavy atom. The maximum absolute atomic E-state index is 6.16. The van der Waals surface area contributed by atoms with E-state index in [9.17, 15) is 0 Å². The molecule has 1 atom stereocenters. The highest BCUT2D eigenvalue weighted by molar-refractivity contribution is 6.30. The standard InChI is InChI=1S/C15H21ClN4/c1-4-8-20-14(10-18-19-20)15(17-5-2)13-9-12(16)7-6-11(13)3/h6-7,9-10,15,17H,4-5,8H2,1-3H3. The Bertz CT molecular complexity index is 565. The van der Waals surface area contributed by atoms with Crippen molar-refractivity contribution in [2.45, 2.75) is 39.8 Å². The average Bonchev–Trinajstić information content (AvgIpc) is 2.88. The van der Waals surface area contributed by atoms with Crippen LogP contribution in [0.4, 0.5) is 0 Å². The van der Waals surface area contributed by atoms with Crippen molar-refractivity contribution in [3.8, 4) is 0 Å². The number of rotatable bonds is 6. The highest BCUT2D eigenvalue weighted by atomic mass is 35.5. The van der Waals surface area contributed by atoms with Gasteiger partial charge in [0.15, 0.2) is 0 Å². The molecule has 2 rings (SSSR count). The largest absolute Gasteiger partial charge is 0.305 e. The molecule has 20 heavy (non-hydrogen) atoms. The first-order chi connectivity index (χ1) is 9.67. The first-order valence-electron chi connectivity index (χ1n) is 7.05. The summed E-state index contributed by atoms with van der Waals surface area (Å²) in [6.45, 7) is 8.08. The fourth-order valence-electron chi connectivity index (χ4n) is 2.38. The second-order valence-corrected chi connectivity index (χ2v) is 5.31. The number of nitrogens with zero attached hydrogens (tertiary/aromatic N) is 3. The molecule has 0 bridgehead atoms. The van der Waals surface area contributed by atoms with Gasteiger partial charge in [-0.25, -0.2) is 4.68 Å². The number of halogens is 1. The predicted molar refractivity (Wildman–Crippen MR) is 82.0 cm³/mol. The Hall–Kier alpha value is -1.39. The molecule has 0 fully saturated rings. The van der Waals surface area contributed by atoms with Gasteiger partial charge in [-0.15, -0.1) is 5.10 Å². The van der Waals surface area contributed by atoms with E-state index in [4.69, 9.17) is 11.6 Å². The normalized spacial score (nSPS) is 12.6. The molecule has 0 aliphatic carbocycles. The van der Waals surface area contributed by atoms with Crippen molar-refractivity contribution in [2.75, 3.05) is 6.54 Å². The summed E-state index contributed by atoms with van der Waals surface area (Å²) in [6, 6.07) is 6.06. The molecule has 1 aromatic carbocycles. The third-order valence-corrected chi connectivity index (χ3v) is 3.57. The maximum Gasteiger partial charge on any atom is 0.0802 e. The monoisotopic (exact) mass is 292 g/mol. The lowest BCUT2D eigenvalue weighted by atomic mass is 9.99. The summed E-state index contributed by atoms with van der Waals surface area (Å²) < 4.78 is 1.97. The van der Waals surface area contributed by atoms with Crippen LogP contribution in [0.2, 0.25) is 5.02 Å². The molecule has 5 heteroatoms. The van der Waals surface area contributed by atoms with Gasteiger partial charge in [-0.3, -0.25) is 0 Å². The molecule has 1 unspecified atom stereocenters. The van der Waals surface area contributed by atoms with E-state index >= 15 is 0 Å². The molecular formula is C15H21ClN4. The third-order valence-electron chi connectivity index (χ3n) is 3.34. The fourth-order valence-corrected chi connectivity index (χ4v) is 2.56. The van der Waals surface area contributed by atoms with Gasteiger partial charge in [0.05, 0.1) is 17.9 Å². The van der Waals surface area contributed by atoms with Crippen molar-refractivity contribution in [1.29, 1.82) is 0 Å². The minimum absolute atomic E-state index is 0.0697. The van der Waals surface area contributed by atoms with Crippen LogP contribution in [-0.4, -0.2) is 21.5 Å². The van der Waals surface area contributed by atoms with Crippen molar-refractivity contribution in [3.05, 3.63) is 46.2 Å². The average molecular weight is 293 g/mol. The van der Waals surface area contributed by atoms with E-state index in [0.29, 0.717) is 0 Å².